The molecule has 0 heteroatoms. The molecule has 4 aromatic carbocycles. The van der Waals surface area contributed by atoms with Crippen LogP contribution in [0.1, 0.15) is 36.1 Å². The maximum atomic E-state index is 2.16. The molecule has 0 aliphatic heterocycles. The van der Waals surface area contributed by atoms with E-state index < -0.39 is 0 Å². The van der Waals surface area contributed by atoms with E-state index in [2.05, 4.69) is 121 Å². The maximum absolute atomic E-state index is 2.16. The lowest BCUT2D eigenvalue weighted by Gasteiger charge is -2.00. The molecule has 0 aliphatic rings. The predicted octanol–water partition coefficient (Wildman–Crippen LogP) is 7.58. The third-order valence-corrected chi connectivity index (χ3v) is 4.19. The molecule has 0 N–H and O–H groups in total. The summed E-state index contributed by atoms with van der Waals surface area (Å²) in [5, 5.41) is 0. The lowest BCUT2D eigenvalue weighted by Crippen LogP contribution is -1.85. The van der Waals surface area contributed by atoms with Crippen molar-refractivity contribution in [3.63, 3.8) is 0 Å². The minimum atomic E-state index is 1.03. The summed E-state index contributed by atoms with van der Waals surface area (Å²) in [7, 11) is 0. The van der Waals surface area contributed by atoms with Crippen LogP contribution in [0.3, 0.4) is 0 Å². The molecule has 0 nitrogen and oxygen atoms in total. The topological polar surface area (TPSA) is 0 Å². The van der Waals surface area contributed by atoms with Gasteiger partial charge in [0, 0.05) is 0 Å². The van der Waals surface area contributed by atoms with Crippen LogP contribution in [0.4, 0.5) is 0 Å². The van der Waals surface area contributed by atoms with Gasteiger partial charge in [-0.2, -0.15) is 0 Å². The molecule has 4 rings (SSSR count). The van der Waals surface area contributed by atoms with E-state index in [0.29, 0.717) is 0 Å². The van der Waals surface area contributed by atoms with Crippen LogP contribution in [0.15, 0.2) is 121 Å². The van der Waals surface area contributed by atoms with Gasteiger partial charge in [0.05, 0.1) is 0 Å². The first-order chi connectivity index (χ1) is 13.9. The zero-order valence-corrected chi connectivity index (χ0v) is 17.0. The van der Waals surface area contributed by atoms with Crippen LogP contribution in [-0.2, 0) is 12.8 Å². The fourth-order valence-corrected chi connectivity index (χ4v) is 2.85. The molecule has 0 bridgehead atoms. The number of hydrogen-bond acceptors (Lipinski definition) is 0. The van der Waals surface area contributed by atoms with Gasteiger partial charge in [-0.05, 0) is 35.1 Å². The number of rotatable bonds is 4. The highest BCUT2D eigenvalue weighted by Gasteiger charge is 1.93. The van der Waals surface area contributed by atoms with Crippen LogP contribution in [0.5, 0.6) is 0 Å². The summed E-state index contributed by atoms with van der Waals surface area (Å²) in [6.45, 7) is 4.00. The van der Waals surface area contributed by atoms with E-state index in [1.165, 1.54) is 22.3 Å². The Morgan fingerprint density at radius 1 is 0.321 bits per heavy atom. The zero-order valence-electron chi connectivity index (χ0n) is 17.0. The van der Waals surface area contributed by atoms with E-state index in [9.17, 15) is 0 Å². The standard InChI is InChI=1S/2C13H12.C2H6/c2*1-3-7-12(8-4-1)11-13-9-5-2-6-10-13;1-2/h2*1-10H,11H2;1-2H3. The quantitative estimate of drug-likeness (QED) is 0.349. The molecular formula is C28H30. The van der Waals surface area contributed by atoms with Gasteiger partial charge in [0.25, 0.3) is 0 Å². The van der Waals surface area contributed by atoms with Crippen LogP contribution >= 0.6 is 0 Å². The van der Waals surface area contributed by atoms with Crippen LogP contribution in [-0.4, -0.2) is 0 Å². The second-order valence-corrected chi connectivity index (χ2v) is 6.30. The van der Waals surface area contributed by atoms with Gasteiger partial charge < -0.3 is 0 Å². The fourth-order valence-electron chi connectivity index (χ4n) is 2.85. The summed E-state index contributed by atoms with van der Waals surface area (Å²) in [5.41, 5.74) is 5.48. The van der Waals surface area contributed by atoms with Crippen molar-refractivity contribution < 1.29 is 0 Å². The third-order valence-electron chi connectivity index (χ3n) is 4.19. The average molecular weight is 367 g/mol. The Kier molecular flexibility index (Phi) is 9.92. The molecule has 0 heterocycles. The smallest absolute Gasteiger partial charge is 0.00258 e. The molecule has 0 fully saturated rings. The van der Waals surface area contributed by atoms with Gasteiger partial charge in [0.15, 0.2) is 0 Å². The summed E-state index contributed by atoms with van der Waals surface area (Å²) in [4.78, 5) is 0. The fraction of sp³-hybridized carbons (Fsp3) is 0.143. The van der Waals surface area contributed by atoms with Gasteiger partial charge in [0.2, 0.25) is 0 Å². The second-order valence-electron chi connectivity index (χ2n) is 6.30. The minimum Gasteiger partial charge on any atom is -0.0683 e. The molecule has 0 aromatic heterocycles. The Balaban J connectivity index is 0.000000184. The highest BCUT2D eigenvalue weighted by atomic mass is 14.0. The highest BCUT2D eigenvalue weighted by molar-refractivity contribution is 5.26. The second kappa shape index (κ2) is 13.1. The lowest BCUT2D eigenvalue weighted by molar-refractivity contribution is 1.19. The molecule has 0 atom stereocenters. The van der Waals surface area contributed by atoms with E-state index in [1.807, 2.05) is 13.8 Å². The number of benzene rings is 4. The van der Waals surface area contributed by atoms with Crippen molar-refractivity contribution in [3.8, 4) is 0 Å². The van der Waals surface area contributed by atoms with Gasteiger partial charge in [-0.1, -0.05) is 135 Å². The molecule has 0 amide bonds. The van der Waals surface area contributed by atoms with Crippen molar-refractivity contribution in [2.75, 3.05) is 0 Å². The Hall–Kier alpha value is -3.12. The largest absolute Gasteiger partial charge is 0.0683 e. The summed E-state index contributed by atoms with van der Waals surface area (Å²) in [6, 6.07) is 42.1. The van der Waals surface area contributed by atoms with E-state index in [4.69, 9.17) is 0 Å². The van der Waals surface area contributed by atoms with E-state index in [0.717, 1.165) is 12.8 Å². The van der Waals surface area contributed by atoms with Crippen LogP contribution < -0.4 is 0 Å². The summed E-state index contributed by atoms with van der Waals surface area (Å²) in [6.07, 6.45) is 2.06. The summed E-state index contributed by atoms with van der Waals surface area (Å²) in [5.74, 6) is 0. The molecule has 0 saturated carbocycles. The van der Waals surface area contributed by atoms with E-state index in [1.54, 1.807) is 0 Å². The summed E-state index contributed by atoms with van der Waals surface area (Å²) >= 11 is 0. The van der Waals surface area contributed by atoms with Crippen molar-refractivity contribution in [2.24, 2.45) is 0 Å². The van der Waals surface area contributed by atoms with Gasteiger partial charge >= 0.3 is 0 Å². The Labute approximate surface area is 170 Å². The molecule has 0 saturated heterocycles. The highest BCUT2D eigenvalue weighted by Crippen LogP contribution is 2.08. The minimum absolute atomic E-state index is 1.03. The van der Waals surface area contributed by atoms with Crippen molar-refractivity contribution in [1.82, 2.24) is 0 Å². The zero-order chi connectivity index (χ0) is 19.9. The van der Waals surface area contributed by atoms with Crippen LogP contribution in [0.2, 0.25) is 0 Å². The Morgan fingerprint density at radius 2 is 0.500 bits per heavy atom. The average Bonchev–Trinajstić information content (AvgIpc) is 2.79. The molecule has 28 heavy (non-hydrogen) atoms. The first kappa shape index (κ1) is 21.2. The monoisotopic (exact) mass is 366 g/mol. The molecule has 0 spiro atoms. The van der Waals surface area contributed by atoms with Crippen molar-refractivity contribution in [1.29, 1.82) is 0 Å². The first-order valence-electron chi connectivity index (χ1n) is 10.1. The van der Waals surface area contributed by atoms with E-state index in [-0.39, 0.29) is 0 Å². The van der Waals surface area contributed by atoms with Crippen LogP contribution in [0.25, 0.3) is 0 Å². The molecule has 4 aromatic rings. The van der Waals surface area contributed by atoms with Crippen molar-refractivity contribution in [2.45, 2.75) is 26.7 Å². The van der Waals surface area contributed by atoms with Gasteiger partial charge in [-0.15, -0.1) is 0 Å². The number of hydrogen-bond donors (Lipinski definition) is 0. The van der Waals surface area contributed by atoms with Gasteiger partial charge in [0.1, 0.15) is 0 Å². The first-order valence-corrected chi connectivity index (χ1v) is 10.1. The van der Waals surface area contributed by atoms with E-state index >= 15 is 0 Å². The molecule has 0 radical (unpaired) electrons. The maximum Gasteiger partial charge on any atom is -0.00258 e. The normalized spacial score (nSPS) is 9.36. The summed E-state index contributed by atoms with van der Waals surface area (Å²) < 4.78 is 0. The Bertz CT molecular complexity index is 699. The third kappa shape index (κ3) is 8.05. The van der Waals surface area contributed by atoms with Crippen LogP contribution in [0, 0.1) is 0 Å². The van der Waals surface area contributed by atoms with Gasteiger partial charge in [-0.25, -0.2) is 0 Å². The molecule has 142 valence electrons. The van der Waals surface area contributed by atoms with Gasteiger partial charge in [-0.3, -0.25) is 0 Å². The van der Waals surface area contributed by atoms with Crippen molar-refractivity contribution >= 4 is 0 Å². The molecular weight excluding hydrogens is 336 g/mol. The molecule has 0 aliphatic carbocycles. The Morgan fingerprint density at radius 3 is 0.679 bits per heavy atom. The van der Waals surface area contributed by atoms with Crippen molar-refractivity contribution in [3.05, 3.63) is 144 Å². The lowest BCUT2D eigenvalue weighted by atomic mass is 10.1. The SMILES string of the molecule is CC.c1ccc(Cc2ccccc2)cc1.c1ccc(Cc2ccccc2)cc1. The predicted molar refractivity (Wildman–Crippen MR) is 123 cm³/mol. The molecule has 0 unspecified atom stereocenters.